The molecule has 1 aromatic rings. The van der Waals surface area contributed by atoms with Crippen LogP contribution in [0.4, 0.5) is 5.69 Å². The number of nitro benzene ring substituents is 1. The Kier molecular flexibility index (Phi) is 3.57. The maximum absolute atomic E-state index is 10.6. The molecular formula is C8H8ClNO2S. The number of nitrogens with zero attached hydrogens (tertiary/aromatic N) is 1. The largest absolute Gasteiger partial charge is 0.283 e. The number of halogens is 1. The Balaban J connectivity index is 3.18. The summed E-state index contributed by atoms with van der Waals surface area (Å²) in [7, 11) is 0. The van der Waals surface area contributed by atoms with Crippen molar-refractivity contribution in [3.8, 4) is 0 Å². The van der Waals surface area contributed by atoms with Crippen LogP contribution in [0.2, 0.25) is 0 Å². The summed E-state index contributed by atoms with van der Waals surface area (Å²) >= 11 is 6.93. The third-order valence-electron chi connectivity index (χ3n) is 1.59. The van der Waals surface area contributed by atoms with E-state index in [9.17, 15) is 10.1 Å². The first kappa shape index (κ1) is 10.3. The van der Waals surface area contributed by atoms with Crippen LogP contribution in [0.1, 0.15) is 5.56 Å². The van der Waals surface area contributed by atoms with Gasteiger partial charge in [-0.1, -0.05) is 6.07 Å². The van der Waals surface area contributed by atoms with Gasteiger partial charge in [0.2, 0.25) is 0 Å². The quantitative estimate of drug-likeness (QED) is 0.338. The summed E-state index contributed by atoms with van der Waals surface area (Å²) in [5.74, 6) is 0.301. The molecule has 0 saturated heterocycles. The fourth-order valence-corrected chi connectivity index (χ4v) is 1.67. The minimum absolute atomic E-state index is 0.130. The fraction of sp³-hybridized carbons (Fsp3) is 0.250. The first-order chi connectivity index (χ1) is 6.19. The lowest BCUT2D eigenvalue weighted by Crippen LogP contribution is -1.91. The van der Waals surface area contributed by atoms with Crippen molar-refractivity contribution in [1.29, 1.82) is 0 Å². The van der Waals surface area contributed by atoms with Crippen LogP contribution in [0.15, 0.2) is 23.1 Å². The predicted molar refractivity (Wildman–Crippen MR) is 54.4 cm³/mol. The van der Waals surface area contributed by atoms with Crippen LogP contribution in [0.3, 0.4) is 0 Å². The Morgan fingerprint density at radius 3 is 2.77 bits per heavy atom. The van der Waals surface area contributed by atoms with Crippen LogP contribution in [0.5, 0.6) is 0 Å². The summed E-state index contributed by atoms with van der Waals surface area (Å²) in [6.45, 7) is 0. The molecule has 0 spiro atoms. The molecule has 0 bridgehead atoms. The van der Waals surface area contributed by atoms with Crippen molar-refractivity contribution in [2.24, 2.45) is 0 Å². The van der Waals surface area contributed by atoms with E-state index in [2.05, 4.69) is 0 Å². The van der Waals surface area contributed by atoms with Crippen LogP contribution in [0, 0.1) is 10.1 Å². The van der Waals surface area contributed by atoms with E-state index in [1.165, 1.54) is 17.8 Å². The van der Waals surface area contributed by atoms with Gasteiger partial charge in [-0.25, -0.2) is 0 Å². The van der Waals surface area contributed by atoms with Gasteiger partial charge in [0.25, 0.3) is 5.69 Å². The van der Waals surface area contributed by atoms with Crippen LogP contribution in [-0.2, 0) is 5.88 Å². The van der Waals surface area contributed by atoms with Crippen molar-refractivity contribution in [2.45, 2.75) is 10.8 Å². The molecule has 1 rings (SSSR count). The summed E-state index contributed by atoms with van der Waals surface area (Å²) in [5, 5.41) is 10.6. The summed E-state index contributed by atoms with van der Waals surface area (Å²) in [5.41, 5.74) is 0.900. The standard InChI is InChI=1S/C8H8ClNO2S/c1-13-8-3-2-6(5-9)4-7(8)10(11)12/h2-4H,5H2,1H3. The van der Waals surface area contributed by atoms with Crippen molar-refractivity contribution >= 4 is 29.1 Å². The lowest BCUT2D eigenvalue weighted by molar-refractivity contribution is -0.387. The Morgan fingerprint density at radius 1 is 1.62 bits per heavy atom. The zero-order chi connectivity index (χ0) is 9.84. The highest BCUT2D eigenvalue weighted by atomic mass is 35.5. The maximum atomic E-state index is 10.6. The molecule has 0 radical (unpaired) electrons. The third-order valence-corrected chi connectivity index (χ3v) is 2.69. The molecular weight excluding hydrogens is 210 g/mol. The Morgan fingerprint density at radius 2 is 2.31 bits per heavy atom. The van der Waals surface area contributed by atoms with E-state index in [0.717, 1.165) is 5.56 Å². The molecule has 0 aliphatic rings. The number of hydrogen-bond donors (Lipinski definition) is 0. The molecule has 0 aliphatic heterocycles. The molecule has 0 unspecified atom stereocenters. The van der Waals surface area contributed by atoms with Gasteiger partial charge in [-0.15, -0.1) is 23.4 Å². The van der Waals surface area contributed by atoms with Gasteiger partial charge < -0.3 is 0 Å². The molecule has 13 heavy (non-hydrogen) atoms. The highest BCUT2D eigenvalue weighted by Crippen LogP contribution is 2.28. The average molecular weight is 218 g/mol. The van der Waals surface area contributed by atoms with Gasteiger partial charge in [-0.2, -0.15) is 0 Å². The summed E-state index contributed by atoms with van der Waals surface area (Å²) < 4.78 is 0. The number of benzene rings is 1. The minimum atomic E-state index is -0.387. The molecule has 3 nitrogen and oxygen atoms in total. The van der Waals surface area contributed by atoms with Gasteiger partial charge in [-0.3, -0.25) is 10.1 Å². The van der Waals surface area contributed by atoms with Crippen molar-refractivity contribution in [3.05, 3.63) is 33.9 Å². The van der Waals surface area contributed by atoms with Gasteiger partial charge in [0.05, 0.1) is 9.82 Å². The normalized spacial score (nSPS) is 10.0. The second-order valence-electron chi connectivity index (χ2n) is 2.40. The summed E-state index contributed by atoms with van der Waals surface area (Å²) in [6, 6.07) is 5.03. The molecule has 0 aromatic heterocycles. The maximum Gasteiger partial charge on any atom is 0.283 e. The van der Waals surface area contributed by atoms with Gasteiger partial charge in [0.1, 0.15) is 0 Å². The van der Waals surface area contributed by atoms with E-state index >= 15 is 0 Å². The van der Waals surface area contributed by atoms with Gasteiger partial charge in [0, 0.05) is 11.9 Å². The van der Waals surface area contributed by atoms with E-state index in [4.69, 9.17) is 11.6 Å². The first-order valence-electron chi connectivity index (χ1n) is 3.56. The highest BCUT2D eigenvalue weighted by Gasteiger charge is 2.12. The predicted octanol–water partition coefficient (Wildman–Crippen LogP) is 3.06. The number of alkyl halides is 1. The first-order valence-corrected chi connectivity index (χ1v) is 5.32. The molecule has 70 valence electrons. The molecule has 0 amide bonds. The van der Waals surface area contributed by atoms with Crippen molar-refractivity contribution in [1.82, 2.24) is 0 Å². The second-order valence-corrected chi connectivity index (χ2v) is 3.51. The second kappa shape index (κ2) is 4.48. The van der Waals surface area contributed by atoms with E-state index in [-0.39, 0.29) is 10.6 Å². The SMILES string of the molecule is CSc1ccc(CCl)cc1[N+](=O)[O-]. The molecule has 0 fully saturated rings. The zero-order valence-corrected chi connectivity index (χ0v) is 8.56. The summed E-state index contributed by atoms with van der Waals surface area (Å²) in [4.78, 5) is 10.9. The van der Waals surface area contributed by atoms with Crippen LogP contribution < -0.4 is 0 Å². The topological polar surface area (TPSA) is 43.1 Å². The van der Waals surface area contributed by atoms with Gasteiger partial charge >= 0.3 is 0 Å². The Hall–Kier alpha value is -0.740. The van der Waals surface area contributed by atoms with Crippen LogP contribution in [0.25, 0.3) is 0 Å². The van der Waals surface area contributed by atoms with Gasteiger partial charge in [-0.05, 0) is 17.9 Å². The zero-order valence-electron chi connectivity index (χ0n) is 6.99. The smallest absolute Gasteiger partial charge is 0.258 e. The number of rotatable bonds is 3. The lowest BCUT2D eigenvalue weighted by Gasteiger charge is -2.00. The van der Waals surface area contributed by atoms with E-state index in [0.29, 0.717) is 10.8 Å². The molecule has 1 aromatic carbocycles. The van der Waals surface area contributed by atoms with Crippen molar-refractivity contribution < 1.29 is 4.92 Å². The van der Waals surface area contributed by atoms with Crippen molar-refractivity contribution in [3.63, 3.8) is 0 Å². The van der Waals surface area contributed by atoms with Crippen LogP contribution in [-0.4, -0.2) is 11.2 Å². The summed E-state index contributed by atoms with van der Waals surface area (Å²) in [6.07, 6.45) is 1.81. The number of nitro groups is 1. The highest BCUT2D eigenvalue weighted by molar-refractivity contribution is 7.98. The molecule has 0 saturated carbocycles. The van der Waals surface area contributed by atoms with Gasteiger partial charge in [0.15, 0.2) is 0 Å². The van der Waals surface area contributed by atoms with Crippen LogP contribution >= 0.6 is 23.4 Å². The number of hydrogen-bond acceptors (Lipinski definition) is 3. The van der Waals surface area contributed by atoms with E-state index in [1.807, 2.05) is 6.26 Å². The molecule has 0 atom stereocenters. The minimum Gasteiger partial charge on any atom is -0.258 e. The molecule has 0 N–H and O–H groups in total. The van der Waals surface area contributed by atoms with Crippen molar-refractivity contribution in [2.75, 3.05) is 6.26 Å². The number of thioether (sulfide) groups is 1. The molecule has 0 heterocycles. The lowest BCUT2D eigenvalue weighted by atomic mass is 10.2. The monoisotopic (exact) mass is 217 g/mol. The van der Waals surface area contributed by atoms with E-state index < -0.39 is 0 Å². The molecule has 0 aliphatic carbocycles. The fourth-order valence-electron chi connectivity index (χ4n) is 0.961. The average Bonchev–Trinajstić information content (AvgIpc) is 2.16. The Labute approximate surface area is 85.2 Å². The molecule has 5 heteroatoms. The Bertz CT molecular complexity index is 330. The van der Waals surface area contributed by atoms with E-state index in [1.54, 1.807) is 12.1 Å². The third kappa shape index (κ3) is 2.35.